The molecule has 2 N–H and O–H groups in total. The van der Waals surface area contributed by atoms with Gasteiger partial charge in [0.15, 0.2) is 0 Å². The van der Waals surface area contributed by atoms with Gasteiger partial charge in [-0.25, -0.2) is 9.97 Å². The van der Waals surface area contributed by atoms with Crippen LogP contribution in [0, 0.1) is 6.92 Å². The van der Waals surface area contributed by atoms with Gasteiger partial charge in [-0.2, -0.15) is 11.3 Å². The molecule has 0 saturated carbocycles. The first kappa shape index (κ1) is 15.8. The van der Waals surface area contributed by atoms with E-state index in [0.717, 1.165) is 44.0 Å². The summed E-state index contributed by atoms with van der Waals surface area (Å²) < 4.78 is 0. The van der Waals surface area contributed by atoms with Crippen LogP contribution in [0.15, 0.2) is 17.1 Å². The third-order valence-corrected chi connectivity index (χ3v) is 4.31. The summed E-state index contributed by atoms with van der Waals surface area (Å²) in [7, 11) is 0. The van der Waals surface area contributed by atoms with E-state index >= 15 is 0 Å². The number of rotatable bonds is 8. The molecule has 0 saturated heterocycles. The maximum Gasteiger partial charge on any atom is 0.134 e. The van der Waals surface area contributed by atoms with E-state index in [1.807, 2.05) is 0 Å². The molecular formula is C16H24N4S. The Balaban J connectivity index is 2.15. The molecule has 0 fully saturated rings. The van der Waals surface area contributed by atoms with Gasteiger partial charge in [0.25, 0.3) is 0 Å². The average molecular weight is 304 g/mol. The number of hydrogen-bond acceptors (Lipinski definition) is 5. The molecule has 5 heteroatoms. The molecule has 0 aliphatic rings. The minimum atomic E-state index is 0.816. The van der Waals surface area contributed by atoms with Crippen molar-refractivity contribution in [2.24, 2.45) is 0 Å². The van der Waals surface area contributed by atoms with Crippen molar-refractivity contribution in [3.8, 4) is 0 Å². The van der Waals surface area contributed by atoms with Crippen LogP contribution in [0.3, 0.4) is 0 Å². The van der Waals surface area contributed by atoms with Crippen molar-refractivity contribution >= 4 is 23.0 Å². The Labute approximate surface area is 131 Å². The second-order valence-electron chi connectivity index (χ2n) is 5.16. The number of aryl methyl sites for hydroxylation is 1. The van der Waals surface area contributed by atoms with E-state index in [4.69, 9.17) is 0 Å². The standard InChI is InChI=1S/C16H24N4S/c1-4-6-14-15(17-7-5-2)19-11-20-16(14)18-8-13-10-21-9-12(13)3/h9-11H,4-8H2,1-3H3,(H2,17,18,19,20). The minimum absolute atomic E-state index is 0.816. The molecule has 0 spiro atoms. The SMILES string of the molecule is CCCNc1ncnc(NCc2cscc2C)c1CCC. The number of nitrogens with one attached hydrogen (secondary N) is 2. The van der Waals surface area contributed by atoms with Crippen LogP contribution >= 0.6 is 11.3 Å². The van der Waals surface area contributed by atoms with Crippen molar-refractivity contribution in [2.75, 3.05) is 17.2 Å². The minimum Gasteiger partial charge on any atom is -0.370 e. The molecule has 0 aliphatic heterocycles. The fraction of sp³-hybridized carbons (Fsp3) is 0.500. The van der Waals surface area contributed by atoms with Gasteiger partial charge in [-0.3, -0.25) is 0 Å². The van der Waals surface area contributed by atoms with E-state index in [1.165, 1.54) is 16.7 Å². The number of hydrogen-bond donors (Lipinski definition) is 2. The van der Waals surface area contributed by atoms with Crippen LogP contribution in [-0.4, -0.2) is 16.5 Å². The van der Waals surface area contributed by atoms with Crippen molar-refractivity contribution in [3.05, 3.63) is 33.8 Å². The predicted octanol–water partition coefficient (Wildman–Crippen LogP) is 4.23. The van der Waals surface area contributed by atoms with Gasteiger partial charge in [0.05, 0.1) is 0 Å². The highest BCUT2D eigenvalue weighted by molar-refractivity contribution is 7.08. The first-order valence-corrected chi connectivity index (χ1v) is 8.53. The van der Waals surface area contributed by atoms with Crippen LogP contribution in [-0.2, 0) is 13.0 Å². The molecule has 0 amide bonds. The van der Waals surface area contributed by atoms with Gasteiger partial charge in [0.2, 0.25) is 0 Å². The van der Waals surface area contributed by atoms with E-state index in [1.54, 1.807) is 17.7 Å². The molecule has 0 aliphatic carbocycles. The van der Waals surface area contributed by atoms with Crippen molar-refractivity contribution < 1.29 is 0 Å². The predicted molar refractivity (Wildman–Crippen MR) is 91.2 cm³/mol. The van der Waals surface area contributed by atoms with E-state index in [9.17, 15) is 0 Å². The third kappa shape index (κ3) is 4.17. The first-order valence-electron chi connectivity index (χ1n) is 7.59. The number of aromatic nitrogens is 2. The molecule has 2 rings (SSSR count). The van der Waals surface area contributed by atoms with E-state index in [0.29, 0.717) is 0 Å². The van der Waals surface area contributed by atoms with E-state index < -0.39 is 0 Å². The average Bonchev–Trinajstić information content (AvgIpc) is 2.90. The van der Waals surface area contributed by atoms with Gasteiger partial charge in [0.1, 0.15) is 18.0 Å². The molecule has 0 radical (unpaired) electrons. The summed E-state index contributed by atoms with van der Waals surface area (Å²) in [6, 6.07) is 0. The molecule has 0 aromatic carbocycles. The van der Waals surface area contributed by atoms with Crippen molar-refractivity contribution in [1.29, 1.82) is 0 Å². The topological polar surface area (TPSA) is 49.8 Å². The fourth-order valence-electron chi connectivity index (χ4n) is 2.19. The summed E-state index contributed by atoms with van der Waals surface area (Å²) in [6.45, 7) is 8.25. The number of nitrogens with zero attached hydrogens (tertiary/aromatic N) is 2. The Morgan fingerprint density at radius 1 is 1.05 bits per heavy atom. The lowest BCUT2D eigenvalue weighted by Gasteiger charge is -2.15. The molecule has 4 nitrogen and oxygen atoms in total. The Kier molecular flexibility index (Phi) is 5.99. The number of thiophene rings is 1. The van der Waals surface area contributed by atoms with Gasteiger partial charge >= 0.3 is 0 Å². The van der Waals surface area contributed by atoms with Gasteiger partial charge in [0, 0.05) is 18.7 Å². The van der Waals surface area contributed by atoms with Crippen LogP contribution in [0.25, 0.3) is 0 Å². The van der Waals surface area contributed by atoms with Crippen LogP contribution < -0.4 is 10.6 Å². The second kappa shape index (κ2) is 7.98. The van der Waals surface area contributed by atoms with Crippen molar-refractivity contribution in [2.45, 2.75) is 46.6 Å². The molecular weight excluding hydrogens is 280 g/mol. The van der Waals surface area contributed by atoms with E-state index in [-0.39, 0.29) is 0 Å². The maximum atomic E-state index is 4.44. The number of anilines is 2. The zero-order valence-electron chi connectivity index (χ0n) is 13.1. The molecule has 2 aromatic rings. The maximum absolute atomic E-state index is 4.44. The largest absolute Gasteiger partial charge is 0.370 e. The Hall–Kier alpha value is -1.62. The highest BCUT2D eigenvalue weighted by Gasteiger charge is 2.10. The molecule has 2 heterocycles. The van der Waals surface area contributed by atoms with Crippen molar-refractivity contribution in [3.63, 3.8) is 0 Å². The van der Waals surface area contributed by atoms with Crippen LogP contribution in [0.4, 0.5) is 11.6 Å². The molecule has 0 atom stereocenters. The summed E-state index contributed by atoms with van der Waals surface area (Å²) in [5, 5.41) is 11.2. The summed E-state index contributed by atoms with van der Waals surface area (Å²) in [6.07, 6.45) is 4.80. The van der Waals surface area contributed by atoms with Crippen LogP contribution in [0.5, 0.6) is 0 Å². The van der Waals surface area contributed by atoms with Gasteiger partial charge < -0.3 is 10.6 Å². The molecule has 0 unspecified atom stereocenters. The normalized spacial score (nSPS) is 10.6. The molecule has 0 bridgehead atoms. The summed E-state index contributed by atoms with van der Waals surface area (Å²) in [5.74, 6) is 1.93. The summed E-state index contributed by atoms with van der Waals surface area (Å²) >= 11 is 1.74. The Morgan fingerprint density at radius 3 is 2.43 bits per heavy atom. The molecule has 114 valence electrons. The summed E-state index contributed by atoms with van der Waals surface area (Å²) in [4.78, 5) is 8.83. The monoisotopic (exact) mass is 304 g/mol. The lowest BCUT2D eigenvalue weighted by atomic mass is 10.1. The lowest BCUT2D eigenvalue weighted by Crippen LogP contribution is -2.11. The molecule has 21 heavy (non-hydrogen) atoms. The van der Waals surface area contributed by atoms with Crippen LogP contribution in [0.1, 0.15) is 43.4 Å². The lowest BCUT2D eigenvalue weighted by molar-refractivity contribution is 0.886. The Morgan fingerprint density at radius 2 is 1.81 bits per heavy atom. The van der Waals surface area contributed by atoms with E-state index in [2.05, 4.69) is 52.1 Å². The van der Waals surface area contributed by atoms with Crippen molar-refractivity contribution in [1.82, 2.24) is 9.97 Å². The smallest absolute Gasteiger partial charge is 0.134 e. The highest BCUT2D eigenvalue weighted by atomic mass is 32.1. The highest BCUT2D eigenvalue weighted by Crippen LogP contribution is 2.23. The fourth-order valence-corrected chi connectivity index (χ4v) is 3.05. The Bertz CT molecular complexity index is 565. The second-order valence-corrected chi connectivity index (χ2v) is 5.90. The van der Waals surface area contributed by atoms with Crippen LogP contribution in [0.2, 0.25) is 0 Å². The van der Waals surface area contributed by atoms with Gasteiger partial charge in [-0.05, 0) is 41.7 Å². The summed E-state index contributed by atoms with van der Waals surface area (Å²) in [5.41, 5.74) is 3.87. The molecule has 2 aromatic heterocycles. The zero-order valence-corrected chi connectivity index (χ0v) is 13.9. The quantitative estimate of drug-likeness (QED) is 0.766. The third-order valence-electron chi connectivity index (χ3n) is 3.40. The van der Waals surface area contributed by atoms with Gasteiger partial charge in [-0.15, -0.1) is 0 Å². The van der Waals surface area contributed by atoms with Gasteiger partial charge in [-0.1, -0.05) is 20.3 Å². The first-order chi connectivity index (χ1) is 10.3. The zero-order chi connectivity index (χ0) is 15.1.